The molecule has 34 heavy (non-hydrogen) atoms. The van der Waals surface area contributed by atoms with E-state index < -0.39 is 14.9 Å². The molecule has 0 saturated carbocycles. The van der Waals surface area contributed by atoms with Crippen molar-refractivity contribution in [3.8, 4) is 11.3 Å². The second-order valence-corrected chi connectivity index (χ2v) is 11.4. The Balaban J connectivity index is 1.36. The number of rotatable bonds is 7. The Morgan fingerprint density at radius 3 is 2.56 bits per heavy atom. The molecule has 1 saturated heterocycles. The summed E-state index contributed by atoms with van der Waals surface area (Å²) in [6.07, 6.45) is 2.76. The summed E-state index contributed by atoms with van der Waals surface area (Å²) in [6, 6.07) is 12.9. The molecule has 12 heteroatoms. The number of thioether (sulfide) groups is 1. The number of hydrogen-bond acceptors (Lipinski definition) is 8. The number of hydrogen-bond donors (Lipinski definition) is 1. The van der Waals surface area contributed by atoms with E-state index in [0.717, 1.165) is 4.90 Å². The summed E-state index contributed by atoms with van der Waals surface area (Å²) in [6.45, 7) is 0.531. The predicted octanol–water partition coefficient (Wildman–Crippen LogP) is 4.48. The molecule has 0 bridgehead atoms. The van der Waals surface area contributed by atoms with E-state index in [0.29, 0.717) is 29.2 Å². The highest BCUT2D eigenvalue weighted by molar-refractivity contribution is 7.98. The second-order valence-electron chi connectivity index (χ2n) is 7.69. The highest BCUT2D eigenvalue weighted by Gasteiger charge is 2.32. The number of sulfonamides is 1. The van der Waals surface area contributed by atoms with E-state index in [9.17, 15) is 23.3 Å². The number of carbonyl (C=O) groups is 1. The Kier molecular flexibility index (Phi) is 7.31. The zero-order valence-electron chi connectivity index (χ0n) is 18.2. The Bertz CT molecular complexity index is 1300. The Labute approximate surface area is 205 Å². The van der Waals surface area contributed by atoms with Gasteiger partial charge in [-0.05, 0) is 43.4 Å². The standard InChI is InChI=1S/C22H22N4O5S3/c1-32-18-5-7-19(8-6-18)34(30,31)25-11-9-15(10-12-25)21(27)24-22-23-20(14-33-22)16-3-2-4-17(13-16)26(28)29/h2-8,13-15H,9-12H2,1H3,(H,23,24,27). The van der Waals surface area contributed by atoms with E-state index >= 15 is 0 Å². The average Bonchev–Trinajstić information content (AvgIpc) is 3.32. The van der Waals surface area contributed by atoms with Gasteiger partial charge in [-0.2, -0.15) is 4.31 Å². The molecule has 2 heterocycles. The lowest BCUT2D eigenvalue weighted by atomic mass is 9.97. The number of anilines is 1. The van der Waals surface area contributed by atoms with E-state index in [1.54, 1.807) is 53.5 Å². The Morgan fingerprint density at radius 2 is 1.91 bits per heavy atom. The van der Waals surface area contributed by atoms with Crippen molar-refractivity contribution in [1.82, 2.24) is 9.29 Å². The fourth-order valence-corrected chi connectivity index (χ4v) is 6.31. The summed E-state index contributed by atoms with van der Waals surface area (Å²) in [4.78, 5) is 28.9. The quantitative estimate of drug-likeness (QED) is 0.278. The van der Waals surface area contributed by atoms with E-state index in [-0.39, 0.29) is 35.5 Å². The first-order chi connectivity index (χ1) is 16.3. The number of piperidine rings is 1. The first kappa shape index (κ1) is 24.3. The molecule has 1 aliphatic heterocycles. The van der Waals surface area contributed by atoms with Crippen LogP contribution in [0.2, 0.25) is 0 Å². The summed E-state index contributed by atoms with van der Waals surface area (Å²) in [7, 11) is -3.60. The van der Waals surface area contributed by atoms with Gasteiger partial charge in [0.15, 0.2) is 5.13 Å². The van der Waals surface area contributed by atoms with Crippen molar-refractivity contribution >= 4 is 49.8 Å². The lowest BCUT2D eigenvalue weighted by molar-refractivity contribution is -0.384. The molecule has 1 aromatic heterocycles. The number of nitro benzene ring substituents is 1. The van der Waals surface area contributed by atoms with Gasteiger partial charge in [-0.3, -0.25) is 14.9 Å². The van der Waals surface area contributed by atoms with Crippen molar-refractivity contribution in [2.45, 2.75) is 22.6 Å². The molecule has 178 valence electrons. The Morgan fingerprint density at radius 1 is 1.21 bits per heavy atom. The number of nitrogens with zero attached hydrogens (tertiary/aromatic N) is 3. The SMILES string of the molecule is CSc1ccc(S(=O)(=O)N2CCC(C(=O)Nc3nc(-c4cccc([N+](=O)[O-])c4)cs3)CC2)cc1. The summed E-state index contributed by atoms with van der Waals surface area (Å²) in [5.41, 5.74) is 1.10. The number of amides is 1. The third kappa shape index (κ3) is 5.30. The molecule has 0 unspecified atom stereocenters. The summed E-state index contributed by atoms with van der Waals surface area (Å²) in [5.74, 6) is -0.531. The number of nitro groups is 1. The molecule has 1 N–H and O–H groups in total. The van der Waals surface area contributed by atoms with Crippen LogP contribution in [0.5, 0.6) is 0 Å². The van der Waals surface area contributed by atoms with Crippen LogP contribution in [-0.4, -0.2) is 47.9 Å². The van der Waals surface area contributed by atoms with Crippen LogP contribution in [0.1, 0.15) is 12.8 Å². The number of benzene rings is 2. The van der Waals surface area contributed by atoms with Crippen LogP contribution in [-0.2, 0) is 14.8 Å². The highest BCUT2D eigenvalue weighted by Crippen LogP contribution is 2.29. The third-order valence-corrected chi connectivity index (χ3v) is 9.02. The van der Waals surface area contributed by atoms with E-state index in [2.05, 4.69) is 10.3 Å². The van der Waals surface area contributed by atoms with Crippen molar-refractivity contribution in [1.29, 1.82) is 0 Å². The fraction of sp³-hybridized carbons (Fsp3) is 0.273. The van der Waals surface area contributed by atoms with Gasteiger partial charge >= 0.3 is 0 Å². The smallest absolute Gasteiger partial charge is 0.270 e. The van der Waals surface area contributed by atoms with Gasteiger partial charge in [0.2, 0.25) is 15.9 Å². The molecular weight excluding hydrogens is 496 g/mol. The topological polar surface area (TPSA) is 123 Å². The normalized spacial score (nSPS) is 15.2. The maximum absolute atomic E-state index is 12.9. The van der Waals surface area contributed by atoms with Gasteiger partial charge in [-0.1, -0.05) is 12.1 Å². The monoisotopic (exact) mass is 518 g/mol. The highest BCUT2D eigenvalue weighted by atomic mass is 32.2. The van der Waals surface area contributed by atoms with Crippen molar-refractivity contribution in [2.24, 2.45) is 5.92 Å². The van der Waals surface area contributed by atoms with Crippen molar-refractivity contribution in [2.75, 3.05) is 24.7 Å². The minimum atomic E-state index is -3.60. The van der Waals surface area contributed by atoms with Gasteiger partial charge in [-0.15, -0.1) is 23.1 Å². The summed E-state index contributed by atoms with van der Waals surface area (Å²) >= 11 is 2.78. The minimum absolute atomic E-state index is 0.0296. The molecule has 0 atom stereocenters. The molecule has 9 nitrogen and oxygen atoms in total. The lowest BCUT2D eigenvalue weighted by Gasteiger charge is -2.30. The maximum Gasteiger partial charge on any atom is 0.270 e. The third-order valence-electron chi connectivity index (χ3n) is 5.61. The molecule has 3 aromatic rings. The van der Waals surface area contributed by atoms with Crippen LogP contribution >= 0.6 is 23.1 Å². The van der Waals surface area contributed by atoms with Gasteiger partial charge in [-0.25, -0.2) is 13.4 Å². The van der Waals surface area contributed by atoms with Crippen molar-refractivity contribution < 1.29 is 18.1 Å². The minimum Gasteiger partial charge on any atom is -0.302 e. The average molecular weight is 519 g/mol. The van der Waals surface area contributed by atoms with Gasteiger partial charge in [0.05, 0.1) is 15.5 Å². The summed E-state index contributed by atoms with van der Waals surface area (Å²) in [5, 5.41) is 15.9. The molecule has 1 fully saturated rings. The van der Waals surface area contributed by atoms with E-state index in [1.807, 2.05) is 6.26 Å². The van der Waals surface area contributed by atoms with Crippen LogP contribution in [0, 0.1) is 16.0 Å². The number of aromatic nitrogens is 1. The lowest BCUT2D eigenvalue weighted by Crippen LogP contribution is -2.41. The van der Waals surface area contributed by atoms with E-state index in [4.69, 9.17) is 0 Å². The van der Waals surface area contributed by atoms with Crippen molar-refractivity contribution in [3.05, 3.63) is 64.0 Å². The number of thiazole rings is 1. The zero-order valence-corrected chi connectivity index (χ0v) is 20.7. The first-order valence-electron chi connectivity index (χ1n) is 10.4. The number of carbonyl (C=O) groups excluding carboxylic acids is 1. The van der Waals surface area contributed by atoms with Crippen LogP contribution in [0.3, 0.4) is 0 Å². The number of nitrogens with one attached hydrogen (secondary N) is 1. The van der Waals surface area contributed by atoms with Gasteiger partial charge in [0, 0.05) is 47.0 Å². The molecule has 2 aromatic carbocycles. The fourth-order valence-electron chi connectivity index (χ4n) is 3.71. The first-order valence-corrected chi connectivity index (χ1v) is 14.0. The molecule has 4 rings (SSSR count). The molecule has 0 radical (unpaired) electrons. The Hall–Kier alpha value is -2.80. The molecule has 1 aliphatic rings. The zero-order chi connectivity index (χ0) is 24.3. The molecule has 0 aliphatic carbocycles. The van der Waals surface area contributed by atoms with Gasteiger partial charge in [0.1, 0.15) is 0 Å². The van der Waals surface area contributed by atoms with Crippen LogP contribution < -0.4 is 5.32 Å². The largest absolute Gasteiger partial charge is 0.302 e. The van der Waals surface area contributed by atoms with Gasteiger partial charge in [0.25, 0.3) is 5.69 Å². The van der Waals surface area contributed by atoms with Crippen LogP contribution in [0.15, 0.2) is 63.7 Å². The second kappa shape index (κ2) is 10.2. The van der Waals surface area contributed by atoms with E-state index in [1.165, 1.54) is 27.8 Å². The molecule has 1 amide bonds. The van der Waals surface area contributed by atoms with Crippen molar-refractivity contribution in [3.63, 3.8) is 0 Å². The van der Waals surface area contributed by atoms with Gasteiger partial charge < -0.3 is 5.32 Å². The molecule has 0 spiro atoms. The molecular formula is C22H22N4O5S3. The maximum atomic E-state index is 12.9. The number of non-ortho nitro benzene ring substituents is 1. The van der Waals surface area contributed by atoms with Crippen LogP contribution in [0.4, 0.5) is 10.8 Å². The predicted molar refractivity (Wildman–Crippen MR) is 133 cm³/mol. The van der Waals surface area contributed by atoms with Crippen LogP contribution in [0.25, 0.3) is 11.3 Å². The summed E-state index contributed by atoms with van der Waals surface area (Å²) < 4.78 is 27.3.